The van der Waals surface area contributed by atoms with Crippen molar-refractivity contribution in [3.05, 3.63) is 0 Å². The fourth-order valence-electron chi connectivity index (χ4n) is 2.95. The lowest BCUT2D eigenvalue weighted by molar-refractivity contribution is -0.145. The van der Waals surface area contributed by atoms with Crippen molar-refractivity contribution in [3.8, 4) is 0 Å². The maximum Gasteiger partial charge on any atom is 0.321 e. The molecule has 2 amide bonds. The van der Waals surface area contributed by atoms with E-state index in [1.807, 2.05) is 9.80 Å². The smallest absolute Gasteiger partial charge is 0.321 e. The Hall–Kier alpha value is -1.30. The summed E-state index contributed by atoms with van der Waals surface area (Å²) in [7, 11) is 0. The maximum absolute atomic E-state index is 11.4. The zero-order valence-electron chi connectivity index (χ0n) is 9.63. The number of fused-ring (bicyclic) bond motifs is 1. The molecule has 94 valence electrons. The van der Waals surface area contributed by atoms with Gasteiger partial charge in [0.25, 0.3) is 0 Å². The summed E-state index contributed by atoms with van der Waals surface area (Å²) in [5, 5.41) is 12.1. The summed E-state index contributed by atoms with van der Waals surface area (Å²) in [6.07, 6.45) is 2.05. The van der Waals surface area contributed by atoms with Crippen molar-refractivity contribution in [2.45, 2.75) is 24.9 Å². The first kappa shape index (κ1) is 10.8. The topological polar surface area (TPSA) is 72.9 Å². The quantitative estimate of drug-likeness (QED) is 0.700. The lowest BCUT2D eigenvalue weighted by Gasteiger charge is -2.39. The van der Waals surface area contributed by atoms with Crippen LogP contribution in [0.3, 0.4) is 0 Å². The van der Waals surface area contributed by atoms with Crippen molar-refractivity contribution in [1.29, 1.82) is 0 Å². The molecule has 3 fully saturated rings. The van der Waals surface area contributed by atoms with Gasteiger partial charge in [0.1, 0.15) is 6.04 Å². The average Bonchev–Trinajstić information content (AvgIpc) is 3.04. The van der Waals surface area contributed by atoms with E-state index < -0.39 is 5.97 Å². The third-order valence-electron chi connectivity index (χ3n) is 3.98. The Morgan fingerprint density at radius 2 is 2.18 bits per heavy atom. The van der Waals surface area contributed by atoms with Crippen LogP contribution in [0.1, 0.15) is 12.8 Å². The summed E-state index contributed by atoms with van der Waals surface area (Å²) in [6, 6.07) is -0.197. The maximum atomic E-state index is 11.4. The fraction of sp³-hybridized carbons (Fsp3) is 0.818. The second-order valence-corrected chi connectivity index (χ2v) is 5.15. The first-order chi connectivity index (χ1) is 8.16. The number of hydrogen-bond donors (Lipinski definition) is 2. The van der Waals surface area contributed by atoms with Crippen molar-refractivity contribution in [1.82, 2.24) is 15.1 Å². The van der Waals surface area contributed by atoms with Crippen LogP contribution in [0.25, 0.3) is 0 Å². The highest BCUT2D eigenvalue weighted by molar-refractivity contribution is 5.77. The molecular weight excluding hydrogens is 222 g/mol. The van der Waals surface area contributed by atoms with Gasteiger partial charge >= 0.3 is 12.0 Å². The molecule has 1 saturated carbocycles. The van der Waals surface area contributed by atoms with Gasteiger partial charge in [-0.3, -0.25) is 9.69 Å². The van der Waals surface area contributed by atoms with E-state index in [0.717, 1.165) is 12.8 Å². The summed E-state index contributed by atoms with van der Waals surface area (Å²) in [5.74, 6) is -0.387. The lowest BCUT2D eigenvalue weighted by atomic mass is 10.1. The van der Waals surface area contributed by atoms with Crippen LogP contribution in [-0.4, -0.2) is 65.2 Å². The van der Waals surface area contributed by atoms with Crippen LogP contribution < -0.4 is 5.32 Å². The number of nitrogens with one attached hydrogen (secondary N) is 1. The van der Waals surface area contributed by atoms with Crippen LogP contribution in [0, 0.1) is 5.92 Å². The Labute approximate surface area is 99.6 Å². The second kappa shape index (κ2) is 3.87. The average molecular weight is 239 g/mol. The molecule has 17 heavy (non-hydrogen) atoms. The van der Waals surface area contributed by atoms with Crippen LogP contribution in [0.15, 0.2) is 0 Å². The number of amides is 2. The molecular formula is C11H17N3O3. The predicted molar refractivity (Wildman–Crippen MR) is 59.6 cm³/mol. The van der Waals surface area contributed by atoms with E-state index in [2.05, 4.69) is 5.32 Å². The number of carbonyl (C=O) groups is 2. The number of carbonyl (C=O) groups excluding carboxylic acids is 1. The zero-order chi connectivity index (χ0) is 12.0. The third-order valence-corrected chi connectivity index (χ3v) is 3.98. The van der Waals surface area contributed by atoms with E-state index in [-0.39, 0.29) is 18.1 Å². The molecule has 0 aromatic rings. The van der Waals surface area contributed by atoms with Crippen LogP contribution in [0.2, 0.25) is 0 Å². The molecule has 2 N–H and O–H groups in total. The van der Waals surface area contributed by atoms with E-state index in [4.69, 9.17) is 0 Å². The van der Waals surface area contributed by atoms with Gasteiger partial charge in [0, 0.05) is 26.2 Å². The Morgan fingerprint density at radius 1 is 1.41 bits per heavy atom. The third kappa shape index (κ3) is 1.86. The molecule has 1 aliphatic carbocycles. The Balaban J connectivity index is 1.69. The molecule has 0 aromatic heterocycles. The molecule has 6 heteroatoms. The number of piperazine rings is 1. The van der Waals surface area contributed by atoms with Crippen LogP contribution in [-0.2, 0) is 4.79 Å². The number of carboxylic acid groups (broad SMARTS) is 1. The van der Waals surface area contributed by atoms with E-state index >= 15 is 0 Å². The van der Waals surface area contributed by atoms with E-state index in [1.165, 1.54) is 0 Å². The van der Waals surface area contributed by atoms with Crippen molar-refractivity contribution in [2.24, 2.45) is 5.92 Å². The molecule has 0 aromatic carbocycles. The standard InChI is InChI=1S/C11H17N3O3/c15-10(16)9(7-1-2-7)13-3-4-14-8(6-13)5-12-11(14)17/h7-9H,1-6H2,(H,12,17)(H,15,16). The lowest BCUT2D eigenvalue weighted by Crippen LogP contribution is -2.57. The van der Waals surface area contributed by atoms with E-state index in [9.17, 15) is 14.7 Å². The molecule has 0 spiro atoms. The van der Waals surface area contributed by atoms with Crippen molar-refractivity contribution in [3.63, 3.8) is 0 Å². The molecule has 0 bridgehead atoms. The number of urea groups is 1. The molecule has 2 unspecified atom stereocenters. The minimum absolute atomic E-state index is 0.00653. The molecule has 0 radical (unpaired) electrons. The Kier molecular flexibility index (Phi) is 2.47. The highest BCUT2D eigenvalue weighted by Crippen LogP contribution is 2.36. The first-order valence-corrected chi connectivity index (χ1v) is 6.18. The summed E-state index contributed by atoms with van der Waals surface area (Å²) in [5.41, 5.74) is 0. The van der Waals surface area contributed by atoms with Crippen LogP contribution in [0.4, 0.5) is 4.79 Å². The Morgan fingerprint density at radius 3 is 2.82 bits per heavy atom. The summed E-state index contributed by atoms with van der Waals surface area (Å²) in [6.45, 7) is 2.66. The normalized spacial score (nSPS) is 30.9. The molecule has 3 rings (SSSR count). The number of aliphatic carboxylic acids is 1. The Bertz CT molecular complexity index is 356. The van der Waals surface area contributed by atoms with Crippen LogP contribution >= 0.6 is 0 Å². The van der Waals surface area contributed by atoms with Gasteiger partial charge in [0.2, 0.25) is 0 Å². The van der Waals surface area contributed by atoms with Gasteiger partial charge < -0.3 is 15.3 Å². The van der Waals surface area contributed by atoms with Gasteiger partial charge in [0.15, 0.2) is 0 Å². The fourth-order valence-corrected chi connectivity index (χ4v) is 2.95. The molecule has 2 saturated heterocycles. The zero-order valence-corrected chi connectivity index (χ0v) is 9.63. The number of nitrogens with zero attached hydrogens (tertiary/aromatic N) is 2. The highest BCUT2D eigenvalue weighted by Gasteiger charge is 2.44. The number of carboxylic acids is 1. The molecule has 2 aliphatic heterocycles. The van der Waals surface area contributed by atoms with Crippen LogP contribution in [0.5, 0.6) is 0 Å². The second-order valence-electron chi connectivity index (χ2n) is 5.15. The first-order valence-electron chi connectivity index (χ1n) is 6.18. The number of rotatable bonds is 3. The van der Waals surface area contributed by atoms with Gasteiger partial charge in [-0.25, -0.2) is 4.79 Å². The van der Waals surface area contributed by atoms with Gasteiger partial charge in [-0.15, -0.1) is 0 Å². The van der Waals surface area contributed by atoms with Gasteiger partial charge in [-0.2, -0.15) is 0 Å². The predicted octanol–water partition coefficient (Wildman–Crippen LogP) is -0.441. The summed E-state index contributed by atoms with van der Waals surface area (Å²) in [4.78, 5) is 26.6. The minimum atomic E-state index is -0.710. The minimum Gasteiger partial charge on any atom is -0.480 e. The SMILES string of the molecule is O=C(O)C(C1CC1)N1CCN2C(=O)NCC2C1. The molecule has 6 nitrogen and oxygen atoms in total. The highest BCUT2D eigenvalue weighted by atomic mass is 16.4. The van der Waals surface area contributed by atoms with Gasteiger partial charge in [-0.05, 0) is 18.8 Å². The van der Waals surface area contributed by atoms with Gasteiger partial charge in [0.05, 0.1) is 6.04 Å². The summed E-state index contributed by atoms with van der Waals surface area (Å²) >= 11 is 0. The van der Waals surface area contributed by atoms with Gasteiger partial charge in [-0.1, -0.05) is 0 Å². The molecule has 2 heterocycles. The largest absolute Gasteiger partial charge is 0.480 e. The number of hydrogen-bond acceptors (Lipinski definition) is 3. The van der Waals surface area contributed by atoms with Crippen molar-refractivity contribution in [2.75, 3.05) is 26.2 Å². The monoisotopic (exact) mass is 239 g/mol. The van der Waals surface area contributed by atoms with Crippen molar-refractivity contribution >= 4 is 12.0 Å². The van der Waals surface area contributed by atoms with E-state index in [0.29, 0.717) is 32.1 Å². The van der Waals surface area contributed by atoms with Crippen molar-refractivity contribution < 1.29 is 14.7 Å². The summed E-state index contributed by atoms with van der Waals surface area (Å²) < 4.78 is 0. The molecule has 3 aliphatic rings. The van der Waals surface area contributed by atoms with E-state index in [1.54, 1.807) is 0 Å². The molecule has 2 atom stereocenters.